The van der Waals surface area contributed by atoms with E-state index in [0.29, 0.717) is 0 Å². The second kappa shape index (κ2) is 6.30. The van der Waals surface area contributed by atoms with Gasteiger partial charge in [0.1, 0.15) is 6.73 Å². The summed E-state index contributed by atoms with van der Waals surface area (Å²) in [6.07, 6.45) is -1.83. The van der Waals surface area contributed by atoms with Gasteiger partial charge in [-0.05, 0) is 6.92 Å². The molecule has 6 heteroatoms. The number of rotatable bonds is 6. The van der Waals surface area contributed by atoms with Gasteiger partial charge in [0.15, 0.2) is 12.5 Å². The van der Waals surface area contributed by atoms with Crippen LogP contribution in [0.2, 0.25) is 0 Å². The third-order valence-corrected chi connectivity index (χ3v) is 1.25. The molecule has 3 N–H and O–H groups in total. The summed E-state index contributed by atoms with van der Waals surface area (Å²) in [5.74, 6) is 0. The van der Waals surface area contributed by atoms with E-state index in [4.69, 9.17) is 24.9 Å². The van der Waals surface area contributed by atoms with Gasteiger partial charge in [0.25, 0.3) is 0 Å². The minimum atomic E-state index is -1.24. The van der Waals surface area contributed by atoms with Gasteiger partial charge in [0.05, 0.1) is 6.61 Å². The maximum Gasteiger partial charge on any atom is 0.174 e. The predicted octanol–water partition coefficient (Wildman–Crippen LogP) is -1.53. The molecular formula is C6H15NO5. The van der Waals surface area contributed by atoms with Gasteiger partial charge in [-0.15, -0.1) is 5.06 Å². The first-order valence-electron chi connectivity index (χ1n) is 3.51. The first kappa shape index (κ1) is 11.8. The van der Waals surface area contributed by atoms with E-state index in [1.54, 1.807) is 6.92 Å². The zero-order valence-electron chi connectivity index (χ0n) is 7.17. The molecule has 0 saturated heterocycles. The minimum absolute atomic E-state index is 0.517. The van der Waals surface area contributed by atoms with Gasteiger partial charge in [0.2, 0.25) is 0 Å². The van der Waals surface area contributed by atoms with Crippen LogP contribution in [0.3, 0.4) is 0 Å². The molecule has 2 atom stereocenters. The Morgan fingerprint density at radius 1 is 1.42 bits per heavy atom. The lowest BCUT2D eigenvalue weighted by atomic mass is 10.6. The average Bonchev–Trinajstić information content (AvgIpc) is 2.12. The lowest BCUT2D eigenvalue weighted by Gasteiger charge is -2.25. The Bertz CT molecular complexity index is 112. The smallest absolute Gasteiger partial charge is 0.174 e. The van der Waals surface area contributed by atoms with Gasteiger partial charge < -0.3 is 20.1 Å². The van der Waals surface area contributed by atoms with E-state index in [-0.39, 0.29) is 0 Å². The molecule has 12 heavy (non-hydrogen) atoms. The number of methoxy groups -OCH3 is 1. The molecule has 0 aromatic carbocycles. The fraction of sp³-hybridized carbons (Fsp3) is 1.00. The number of ether oxygens (including phenoxy) is 1. The molecule has 74 valence electrons. The van der Waals surface area contributed by atoms with Gasteiger partial charge >= 0.3 is 0 Å². The third-order valence-electron chi connectivity index (χ3n) is 1.25. The topological polar surface area (TPSA) is 82.4 Å². The molecule has 0 spiro atoms. The van der Waals surface area contributed by atoms with Gasteiger partial charge in [-0.2, -0.15) is 0 Å². The number of hydrogen-bond donors (Lipinski definition) is 3. The van der Waals surface area contributed by atoms with Crippen LogP contribution < -0.4 is 0 Å². The lowest BCUT2D eigenvalue weighted by Crippen LogP contribution is -2.41. The Kier molecular flexibility index (Phi) is 6.17. The van der Waals surface area contributed by atoms with Crippen LogP contribution in [0.25, 0.3) is 0 Å². The van der Waals surface area contributed by atoms with Crippen LogP contribution in [-0.2, 0) is 9.57 Å². The molecule has 0 aliphatic heterocycles. The summed E-state index contributed by atoms with van der Waals surface area (Å²) in [6.45, 7) is 0.555. The summed E-state index contributed by atoms with van der Waals surface area (Å²) >= 11 is 0. The van der Waals surface area contributed by atoms with E-state index in [1.807, 2.05) is 0 Å². The maximum absolute atomic E-state index is 9.00. The van der Waals surface area contributed by atoms with Crippen molar-refractivity contribution in [2.45, 2.75) is 19.4 Å². The summed E-state index contributed by atoms with van der Waals surface area (Å²) in [5.41, 5.74) is 0. The molecule has 0 amide bonds. The van der Waals surface area contributed by atoms with Gasteiger partial charge in [-0.25, -0.2) is 0 Å². The van der Waals surface area contributed by atoms with Crippen molar-refractivity contribution in [3.05, 3.63) is 0 Å². The zero-order valence-corrected chi connectivity index (χ0v) is 7.17. The molecule has 2 unspecified atom stereocenters. The first-order valence-corrected chi connectivity index (χ1v) is 3.51. The number of aliphatic hydroxyl groups excluding tert-OH is 3. The fourth-order valence-corrected chi connectivity index (χ4v) is 0.523. The fourth-order valence-electron chi connectivity index (χ4n) is 0.523. The number of hydroxylamine groups is 2. The Morgan fingerprint density at radius 3 is 2.33 bits per heavy atom. The molecule has 0 saturated carbocycles. The van der Waals surface area contributed by atoms with Crippen LogP contribution >= 0.6 is 0 Å². The van der Waals surface area contributed by atoms with Gasteiger partial charge in [-0.1, -0.05) is 0 Å². The third kappa shape index (κ3) is 3.96. The van der Waals surface area contributed by atoms with Crippen molar-refractivity contribution in [3.63, 3.8) is 0 Å². The summed E-state index contributed by atoms with van der Waals surface area (Å²) < 4.78 is 4.71. The zero-order chi connectivity index (χ0) is 9.56. The van der Waals surface area contributed by atoms with E-state index >= 15 is 0 Å². The largest absolute Gasteiger partial charge is 0.392 e. The quantitative estimate of drug-likeness (QED) is 0.341. The summed E-state index contributed by atoms with van der Waals surface area (Å²) in [7, 11) is 1.42. The van der Waals surface area contributed by atoms with Crippen molar-refractivity contribution in [2.24, 2.45) is 0 Å². The van der Waals surface area contributed by atoms with Crippen molar-refractivity contribution in [1.82, 2.24) is 5.06 Å². The average molecular weight is 181 g/mol. The van der Waals surface area contributed by atoms with Crippen molar-refractivity contribution in [3.8, 4) is 0 Å². The Hall–Kier alpha value is -0.240. The summed E-state index contributed by atoms with van der Waals surface area (Å²) in [4.78, 5) is 4.85. The van der Waals surface area contributed by atoms with Crippen LogP contribution in [0.4, 0.5) is 0 Å². The number of nitrogens with zero attached hydrogens (tertiary/aromatic N) is 1. The van der Waals surface area contributed by atoms with E-state index < -0.39 is 25.9 Å². The Balaban J connectivity index is 3.81. The molecule has 0 radical (unpaired) electrons. The highest BCUT2D eigenvalue weighted by atomic mass is 16.8. The van der Waals surface area contributed by atoms with E-state index in [1.165, 1.54) is 7.11 Å². The molecule has 0 bridgehead atoms. The summed E-state index contributed by atoms with van der Waals surface area (Å²) in [5, 5.41) is 27.0. The second-order valence-electron chi connectivity index (χ2n) is 2.13. The summed E-state index contributed by atoms with van der Waals surface area (Å²) in [6, 6.07) is 0. The highest BCUT2D eigenvalue weighted by Gasteiger charge is 2.16. The number of hydrogen-bond acceptors (Lipinski definition) is 6. The predicted molar refractivity (Wildman–Crippen MR) is 39.6 cm³/mol. The Morgan fingerprint density at radius 2 is 2.00 bits per heavy atom. The lowest BCUT2D eigenvalue weighted by molar-refractivity contribution is -0.334. The van der Waals surface area contributed by atoms with Gasteiger partial charge in [-0.3, -0.25) is 4.84 Å². The molecule has 0 rings (SSSR count). The second-order valence-corrected chi connectivity index (χ2v) is 2.13. The molecule has 0 aliphatic carbocycles. The van der Waals surface area contributed by atoms with Crippen LogP contribution in [-0.4, -0.2) is 53.3 Å². The minimum Gasteiger partial charge on any atom is -0.392 e. The molecule has 0 aliphatic rings. The monoisotopic (exact) mass is 181 g/mol. The van der Waals surface area contributed by atoms with E-state index in [0.717, 1.165) is 5.06 Å². The molecule has 0 aromatic heterocycles. The van der Waals surface area contributed by atoms with Crippen molar-refractivity contribution >= 4 is 0 Å². The molecule has 0 aromatic rings. The normalized spacial score (nSPS) is 16.5. The SMILES string of the molecule is COC(C)ON(CO)C(O)CO. The highest BCUT2D eigenvalue weighted by molar-refractivity contribution is 4.44. The van der Waals surface area contributed by atoms with Gasteiger partial charge in [0, 0.05) is 7.11 Å². The van der Waals surface area contributed by atoms with E-state index in [9.17, 15) is 0 Å². The first-order chi connectivity index (χ1) is 5.65. The van der Waals surface area contributed by atoms with Crippen molar-refractivity contribution in [1.29, 1.82) is 0 Å². The Labute approximate surface area is 70.9 Å². The van der Waals surface area contributed by atoms with Crippen LogP contribution in [0.5, 0.6) is 0 Å². The van der Waals surface area contributed by atoms with Crippen LogP contribution in [0, 0.1) is 0 Å². The molecule has 0 heterocycles. The molecule has 6 nitrogen and oxygen atoms in total. The molecular weight excluding hydrogens is 166 g/mol. The standard InChI is InChI=1S/C6H15NO5/c1-5(11-2)12-7(4-9)6(10)3-8/h5-6,8-10H,3-4H2,1-2H3. The molecule has 0 fully saturated rings. The van der Waals surface area contributed by atoms with E-state index in [2.05, 4.69) is 0 Å². The maximum atomic E-state index is 9.00. The van der Waals surface area contributed by atoms with Crippen LogP contribution in [0.15, 0.2) is 0 Å². The highest BCUT2D eigenvalue weighted by Crippen LogP contribution is 2.00. The van der Waals surface area contributed by atoms with Crippen molar-refractivity contribution in [2.75, 3.05) is 20.4 Å². The van der Waals surface area contributed by atoms with Crippen molar-refractivity contribution < 1.29 is 24.9 Å². The van der Waals surface area contributed by atoms with Crippen LogP contribution in [0.1, 0.15) is 6.92 Å². The number of aliphatic hydroxyl groups is 3.